The molecule has 0 aromatic carbocycles. The molecular weight excluding hydrogens is 268 g/mol. The number of hydrogen-bond donors (Lipinski definition) is 2. The fourth-order valence-corrected chi connectivity index (χ4v) is 2.98. The van der Waals surface area contributed by atoms with E-state index in [1.165, 1.54) is 0 Å². The van der Waals surface area contributed by atoms with Crippen molar-refractivity contribution in [1.82, 2.24) is 4.98 Å². The van der Waals surface area contributed by atoms with Crippen LogP contribution in [0.4, 0.5) is 5.82 Å². The number of nitrogens with zero attached hydrogens (tertiary/aromatic N) is 3. The summed E-state index contributed by atoms with van der Waals surface area (Å²) in [6.07, 6.45) is 0. The van der Waals surface area contributed by atoms with Gasteiger partial charge in [-0.2, -0.15) is 0 Å². The summed E-state index contributed by atoms with van der Waals surface area (Å²) in [4.78, 5) is 6.74. The Balaban J connectivity index is 2.47. The van der Waals surface area contributed by atoms with Crippen molar-refractivity contribution in [2.24, 2.45) is 10.9 Å². The number of amidine groups is 1. The van der Waals surface area contributed by atoms with Crippen molar-refractivity contribution in [3.05, 3.63) is 23.4 Å². The van der Waals surface area contributed by atoms with Crippen molar-refractivity contribution in [3.8, 4) is 0 Å². The van der Waals surface area contributed by atoms with E-state index in [0.717, 1.165) is 11.5 Å². The first-order valence-electron chi connectivity index (χ1n) is 7.04. The van der Waals surface area contributed by atoms with Gasteiger partial charge in [-0.05, 0) is 46.8 Å². The Morgan fingerprint density at radius 2 is 1.86 bits per heavy atom. The molecule has 2 heterocycles. The summed E-state index contributed by atoms with van der Waals surface area (Å²) in [5, 5.41) is 12.1. The Bertz CT molecular complexity index is 551. The number of aromatic nitrogens is 1. The third-order valence-corrected chi connectivity index (χ3v) is 3.39. The Kier molecular flexibility index (Phi) is 3.84. The first kappa shape index (κ1) is 15.6. The van der Waals surface area contributed by atoms with Crippen molar-refractivity contribution in [3.63, 3.8) is 0 Å². The Morgan fingerprint density at radius 3 is 2.38 bits per heavy atom. The van der Waals surface area contributed by atoms with E-state index in [1.54, 1.807) is 0 Å². The van der Waals surface area contributed by atoms with Gasteiger partial charge in [0.25, 0.3) is 0 Å². The lowest BCUT2D eigenvalue weighted by Gasteiger charge is -2.48. The van der Waals surface area contributed by atoms with E-state index in [9.17, 15) is 0 Å². The number of ether oxygens (including phenoxy) is 1. The predicted molar refractivity (Wildman–Crippen MR) is 82.9 cm³/mol. The van der Waals surface area contributed by atoms with Gasteiger partial charge in [-0.1, -0.05) is 5.16 Å². The maximum Gasteiger partial charge on any atom is 0.173 e. The maximum absolute atomic E-state index is 8.98. The highest BCUT2D eigenvalue weighted by atomic mass is 16.5. The Hall–Kier alpha value is -1.82. The molecule has 0 unspecified atom stereocenters. The fourth-order valence-electron chi connectivity index (χ4n) is 2.98. The molecule has 6 heteroatoms. The van der Waals surface area contributed by atoms with Gasteiger partial charge in [-0.15, -0.1) is 0 Å². The Labute approximate surface area is 125 Å². The van der Waals surface area contributed by atoms with Crippen molar-refractivity contribution < 1.29 is 9.94 Å². The van der Waals surface area contributed by atoms with Gasteiger partial charge < -0.3 is 20.6 Å². The van der Waals surface area contributed by atoms with Gasteiger partial charge in [0.15, 0.2) is 5.84 Å². The average molecular weight is 292 g/mol. The van der Waals surface area contributed by atoms with Gasteiger partial charge in [0, 0.05) is 18.8 Å². The second kappa shape index (κ2) is 5.18. The van der Waals surface area contributed by atoms with Gasteiger partial charge in [-0.3, -0.25) is 0 Å². The first-order valence-corrected chi connectivity index (χ1v) is 7.04. The topological polar surface area (TPSA) is 84.0 Å². The molecule has 1 saturated heterocycles. The summed E-state index contributed by atoms with van der Waals surface area (Å²) >= 11 is 0. The number of rotatable bonds is 2. The largest absolute Gasteiger partial charge is 0.409 e. The molecule has 0 spiro atoms. The molecule has 116 valence electrons. The summed E-state index contributed by atoms with van der Waals surface area (Å²) < 4.78 is 6.09. The van der Waals surface area contributed by atoms with Gasteiger partial charge in [0.1, 0.15) is 5.82 Å². The van der Waals surface area contributed by atoms with Crippen LogP contribution in [-0.4, -0.2) is 40.3 Å². The van der Waals surface area contributed by atoms with Gasteiger partial charge >= 0.3 is 0 Å². The zero-order valence-electron chi connectivity index (χ0n) is 13.3. The van der Waals surface area contributed by atoms with Crippen molar-refractivity contribution in [2.45, 2.75) is 45.8 Å². The summed E-state index contributed by atoms with van der Waals surface area (Å²) in [6, 6.07) is 3.69. The molecule has 0 atom stereocenters. The third kappa shape index (κ3) is 3.44. The second-order valence-electron chi connectivity index (χ2n) is 6.79. The number of aryl methyl sites for hydroxylation is 1. The van der Waals surface area contributed by atoms with Crippen molar-refractivity contribution in [2.75, 3.05) is 18.0 Å². The van der Waals surface area contributed by atoms with Crippen LogP contribution in [0.2, 0.25) is 0 Å². The number of oxime groups is 1. The highest BCUT2D eigenvalue weighted by Gasteiger charge is 2.39. The van der Waals surface area contributed by atoms with Crippen LogP contribution in [-0.2, 0) is 4.74 Å². The fraction of sp³-hybridized carbons (Fsp3) is 0.600. The molecule has 0 aliphatic carbocycles. The molecule has 1 aliphatic rings. The number of morpholine rings is 1. The summed E-state index contributed by atoms with van der Waals surface area (Å²) in [6.45, 7) is 11.5. The van der Waals surface area contributed by atoms with E-state index in [4.69, 9.17) is 15.7 Å². The monoisotopic (exact) mass is 292 g/mol. The zero-order chi connectivity index (χ0) is 15.8. The zero-order valence-corrected chi connectivity index (χ0v) is 13.3. The molecule has 1 fully saturated rings. The number of pyridine rings is 1. The van der Waals surface area contributed by atoms with Crippen LogP contribution in [0.1, 0.15) is 39.0 Å². The molecule has 0 radical (unpaired) electrons. The quantitative estimate of drug-likeness (QED) is 0.376. The summed E-state index contributed by atoms with van der Waals surface area (Å²) in [7, 11) is 0. The molecule has 0 bridgehead atoms. The molecule has 3 N–H and O–H groups in total. The minimum Gasteiger partial charge on any atom is -0.409 e. The minimum absolute atomic E-state index is 0.0691. The second-order valence-corrected chi connectivity index (χ2v) is 6.79. The van der Waals surface area contributed by atoms with Crippen LogP contribution in [0.3, 0.4) is 0 Å². The van der Waals surface area contributed by atoms with Crippen LogP contribution in [0, 0.1) is 6.92 Å². The molecule has 0 amide bonds. The number of anilines is 1. The molecule has 6 nitrogen and oxygen atoms in total. The summed E-state index contributed by atoms with van der Waals surface area (Å²) in [5.41, 5.74) is 6.72. The van der Waals surface area contributed by atoms with E-state index < -0.39 is 0 Å². The standard InChI is InChI=1S/C15H24N4O2/c1-10-6-7-11(12(16)18-20)13(17-10)19-8-14(2,3)21-15(4,5)9-19/h6-7,20H,8-9H2,1-5H3,(H2,16,18). The van der Waals surface area contributed by atoms with Crippen LogP contribution in [0.5, 0.6) is 0 Å². The number of nitrogens with two attached hydrogens (primary N) is 1. The normalized spacial score (nSPS) is 21.4. The average Bonchev–Trinajstić information content (AvgIpc) is 2.34. The van der Waals surface area contributed by atoms with Crippen LogP contribution in [0.15, 0.2) is 17.3 Å². The summed E-state index contributed by atoms with van der Waals surface area (Å²) in [5.74, 6) is 0.800. The van der Waals surface area contributed by atoms with Gasteiger partial charge in [0.2, 0.25) is 0 Å². The Morgan fingerprint density at radius 1 is 1.29 bits per heavy atom. The number of hydrogen-bond acceptors (Lipinski definition) is 5. The SMILES string of the molecule is Cc1ccc(/C(N)=N/O)c(N2CC(C)(C)OC(C)(C)C2)n1. The van der Waals surface area contributed by atoms with E-state index in [0.29, 0.717) is 18.7 Å². The molecule has 1 aromatic heterocycles. The lowest BCUT2D eigenvalue weighted by Crippen LogP contribution is -2.57. The van der Waals surface area contributed by atoms with E-state index in [1.807, 2.05) is 19.1 Å². The molecule has 0 saturated carbocycles. The molecule has 2 rings (SSSR count). The highest BCUT2D eigenvalue weighted by molar-refractivity contribution is 6.01. The van der Waals surface area contributed by atoms with Gasteiger partial charge in [-0.25, -0.2) is 4.98 Å². The minimum atomic E-state index is -0.296. The lowest BCUT2D eigenvalue weighted by molar-refractivity contribution is -0.133. The highest BCUT2D eigenvalue weighted by Crippen LogP contribution is 2.32. The van der Waals surface area contributed by atoms with E-state index >= 15 is 0 Å². The maximum atomic E-state index is 8.98. The van der Waals surface area contributed by atoms with E-state index in [-0.39, 0.29) is 17.0 Å². The van der Waals surface area contributed by atoms with Crippen LogP contribution < -0.4 is 10.6 Å². The smallest absolute Gasteiger partial charge is 0.173 e. The van der Waals surface area contributed by atoms with Crippen molar-refractivity contribution >= 4 is 11.7 Å². The van der Waals surface area contributed by atoms with Gasteiger partial charge in [0.05, 0.1) is 16.8 Å². The molecule has 21 heavy (non-hydrogen) atoms. The lowest BCUT2D eigenvalue weighted by atomic mass is 9.98. The van der Waals surface area contributed by atoms with Crippen molar-refractivity contribution in [1.29, 1.82) is 0 Å². The van der Waals surface area contributed by atoms with Crippen LogP contribution in [0.25, 0.3) is 0 Å². The molecule has 1 aliphatic heterocycles. The molecule has 1 aromatic rings. The van der Waals surface area contributed by atoms with E-state index in [2.05, 4.69) is 42.7 Å². The third-order valence-electron chi connectivity index (χ3n) is 3.39. The van der Waals surface area contributed by atoms with Crippen LogP contribution >= 0.6 is 0 Å². The molecular formula is C15H24N4O2. The predicted octanol–water partition coefficient (Wildman–Crippen LogP) is 1.88. The first-order chi connectivity index (χ1) is 9.63.